The van der Waals surface area contributed by atoms with Gasteiger partial charge in [-0.1, -0.05) is 6.08 Å². The van der Waals surface area contributed by atoms with Gasteiger partial charge in [0.05, 0.1) is 6.42 Å². The minimum Gasteiger partial charge on any atom is -0.481 e. The smallest absolute Gasteiger partial charge is 0.304 e. The van der Waals surface area contributed by atoms with E-state index in [1.807, 2.05) is 0 Å². The largest absolute Gasteiger partial charge is 0.481 e. The summed E-state index contributed by atoms with van der Waals surface area (Å²) >= 11 is 0. The van der Waals surface area contributed by atoms with Crippen LogP contribution in [0.4, 0.5) is 0 Å². The molecule has 0 rings (SSSR count). The van der Waals surface area contributed by atoms with Gasteiger partial charge in [-0.15, -0.1) is 0 Å². The molecule has 0 heterocycles. The zero-order valence-electron chi connectivity index (χ0n) is 6.90. The molecule has 0 amide bonds. The molecule has 4 nitrogen and oxygen atoms in total. The molecule has 3 N–H and O–H groups in total. The van der Waals surface area contributed by atoms with Crippen LogP contribution >= 0.6 is 0 Å². The third-order valence-electron chi connectivity index (χ3n) is 1.10. The Balaban J connectivity index is 3.76. The van der Waals surface area contributed by atoms with Crippen LogP contribution in [0.15, 0.2) is 11.5 Å². The van der Waals surface area contributed by atoms with Crippen molar-refractivity contribution in [2.45, 2.75) is 19.4 Å². The van der Waals surface area contributed by atoms with Crippen molar-refractivity contribution in [2.24, 2.45) is 5.73 Å². The molecule has 5 heteroatoms. The highest BCUT2D eigenvalue weighted by Gasteiger charge is 2.09. The summed E-state index contributed by atoms with van der Waals surface area (Å²) in [5.74, 6) is -0.753. The van der Waals surface area contributed by atoms with Gasteiger partial charge in [0, 0.05) is 22.6 Å². The molecule has 0 aromatic heterocycles. The second-order valence-electron chi connectivity index (χ2n) is 2.37. The van der Waals surface area contributed by atoms with E-state index in [1.54, 1.807) is 13.0 Å². The fourth-order valence-electron chi connectivity index (χ4n) is 0.702. The fourth-order valence-corrected chi connectivity index (χ4v) is 1.66. The van der Waals surface area contributed by atoms with E-state index in [-0.39, 0.29) is 12.2 Å². The van der Waals surface area contributed by atoms with Gasteiger partial charge in [0.1, 0.15) is 0 Å². The van der Waals surface area contributed by atoms with Crippen LogP contribution in [0.3, 0.4) is 0 Å². The Hall–Kier alpha value is -0.680. The van der Waals surface area contributed by atoms with Crippen molar-refractivity contribution < 1.29 is 14.1 Å². The lowest BCUT2D eigenvalue weighted by atomic mass is 10.2. The Kier molecular flexibility index (Phi) is 5.57. The third-order valence-corrected chi connectivity index (χ3v) is 2.44. The number of carbonyl (C=O) groups is 1. The first kappa shape index (κ1) is 11.3. The van der Waals surface area contributed by atoms with Crippen LogP contribution < -0.4 is 5.73 Å². The molecule has 0 fully saturated rings. The topological polar surface area (TPSA) is 80.4 Å². The average Bonchev–Trinajstić information content (AvgIpc) is 1.84. The first-order valence-corrected chi connectivity index (χ1v) is 4.91. The normalized spacial score (nSPS) is 16.2. The lowest BCUT2D eigenvalue weighted by molar-refractivity contribution is -0.137. The summed E-state index contributed by atoms with van der Waals surface area (Å²) in [4.78, 5) is 10.2. The molecule has 1 unspecified atom stereocenters. The standard InChI is InChI=1S/C7H13NO3S/c1-2-3-12(11)5-6(8)4-7(9)10/h2-3,6H,4-5,8H2,1H3,(H,9,10)/b3-2+/t6-,12?/m0/s1. The van der Waals surface area contributed by atoms with Gasteiger partial charge >= 0.3 is 5.97 Å². The number of hydrogen-bond acceptors (Lipinski definition) is 3. The molecule has 70 valence electrons. The number of aliphatic carboxylic acids is 1. The Labute approximate surface area is 73.9 Å². The molecule has 0 aliphatic carbocycles. The van der Waals surface area contributed by atoms with Gasteiger partial charge in [0.25, 0.3) is 0 Å². The molecule has 2 atom stereocenters. The fraction of sp³-hybridized carbons (Fsp3) is 0.571. The van der Waals surface area contributed by atoms with E-state index in [2.05, 4.69) is 0 Å². The van der Waals surface area contributed by atoms with Crippen molar-refractivity contribution in [3.05, 3.63) is 11.5 Å². The average molecular weight is 191 g/mol. The summed E-state index contributed by atoms with van der Waals surface area (Å²) in [6, 6.07) is -0.528. The lowest BCUT2D eigenvalue weighted by Crippen LogP contribution is -2.29. The van der Waals surface area contributed by atoms with Crippen LogP contribution in [0.2, 0.25) is 0 Å². The van der Waals surface area contributed by atoms with Gasteiger partial charge in [-0.05, 0) is 12.3 Å². The van der Waals surface area contributed by atoms with E-state index in [1.165, 1.54) is 5.41 Å². The predicted molar refractivity (Wildman–Crippen MR) is 48.1 cm³/mol. The number of carboxylic acids is 1. The molecular weight excluding hydrogens is 178 g/mol. The predicted octanol–water partition coefficient (Wildman–Crippen LogP) is 0.0707. The molecule has 0 bridgehead atoms. The first-order chi connectivity index (χ1) is 5.56. The van der Waals surface area contributed by atoms with Crippen LogP contribution in [-0.4, -0.2) is 27.1 Å². The van der Waals surface area contributed by atoms with Crippen molar-refractivity contribution in [1.29, 1.82) is 0 Å². The first-order valence-electron chi connectivity index (χ1n) is 3.53. The summed E-state index contributed by atoms with van der Waals surface area (Å²) in [7, 11) is -1.14. The molecule has 12 heavy (non-hydrogen) atoms. The van der Waals surface area contributed by atoms with Crippen molar-refractivity contribution >= 4 is 16.8 Å². The van der Waals surface area contributed by atoms with E-state index in [4.69, 9.17) is 10.8 Å². The van der Waals surface area contributed by atoms with Gasteiger partial charge in [0.2, 0.25) is 0 Å². The summed E-state index contributed by atoms with van der Waals surface area (Å²) in [6.45, 7) is 1.75. The Morgan fingerprint density at radius 2 is 2.33 bits per heavy atom. The molecule has 0 aromatic carbocycles. The second-order valence-corrected chi connectivity index (χ2v) is 3.74. The van der Waals surface area contributed by atoms with Gasteiger partial charge in [0.15, 0.2) is 0 Å². The van der Waals surface area contributed by atoms with Crippen LogP contribution in [0.5, 0.6) is 0 Å². The van der Waals surface area contributed by atoms with Gasteiger partial charge in [-0.3, -0.25) is 9.00 Å². The summed E-state index contributed by atoms with van der Waals surface area (Å²) in [5, 5.41) is 9.83. The Bertz CT molecular complexity index is 203. The maximum absolute atomic E-state index is 11.0. The van der Waals surface area contributed by atoms with Crippen LogP contribution in [0.25, 0.3) is 0 Å². The van der Waals surface area contributed by atoms with Crippen molar-refractivity contribution in [3.8, 4) is 0 Å². The van der Waals surface area contributed by atoms with Crippen molar-refractivity contribution in [1.82, 2.24) is 0 Å². The highest BCUT2D eigenvalue weighted by atomic mass is 32.2. The molecule has 0 saturated heterocycles. The van der Waals surface area contributed by atoms with Gasteiger partial charge < -0.3 is 10.8 Å². The van der Waals surface area contributed by atoms with Crippen molar-refractivity contribution in [2.75, 3.05) is 5.75 Å². The second kappa shape index (κ2) is 5.91. The molecule has 0 aliphatic heterocycles. The van der Waals surface area contributed by atoms with E-state index in [0.717, 1.165) is 0 Å². The van der Waals surface area contributed by atoms with E-state index < -0.39 is 22.8 Å². The van der Waals surface area contributed by atoms with E-state index in [9.17, 15) is 9.00 Å². The SMILES string of the molecule is C/C=C/S(=O)C[C@@H](N)CC(=O)O. The van der Waals surface area contributed by atoms with Gasteiger partial charge in [-0.25, -0.2) is 0 Å². The molecule has 0 spiro atoms. The maximum Gasteiger partial charge on any atom is 0.304 e. The van der Waals surface area contributed by atoms with Gasteiger partial charge in [-0.2, -0.15) is 0 Å². The highest BCUT2D eigenvalue weighted by molar-refractivity contribution is 7.88. The Morgan fingerprint density at radius 3 is 2.75 bits per heavy atom. The third kappa shape index (κ3) is 6.06. The molecular formula is C7H13NO3S. The highest BCUT2D eigenvalue weighted by Crippen LogP contribution is 1.93. The monoisotopic (exact) mass is 191 g/mol. The number of rotatable bonds is 5. The van der Waals surface area contributed by atoms with Crippen molar-refractivity contribution in [3.63, 3.8) is 0 Å². The quantitative estimate of drug-likeness (QED) is 0.644. The minimum atomic E-state index is -1.14. The number of carboxylic acid groups (broad SMARTS) is 1. The molecule has 0 aromatic rings. The summed E-state index contributed by atoms with van der Waals surface area (Å²) in [6.07, 6.45) is 1.52. The van der Waals surface area contributed by atoms with Crippen LogP contribution in [0, 0.1) is 0 Å². The number of hydrogen-bond donors (Lipinski definition) is 2. The summed E-state index contributed by atoms with van der Waals surface area (Å²) < 4.78 is 11.0. The lowest BCUT2D eigenvalue weighted by Gasteiger charge is -2.05. The maximum atomic E-state index is 11.0. The Morgan fingerprint density at radius 1 is 1.75 bits per heavy atom. The number of allylic oxidation sites excluding steroid dienone is 1. The van der Waals surface area contributed by atoms with E-state index in [0.29, 0.717) is 0 Å². The zero-order valence-corrected chi connectivity index (χ0v) is 7.71. The van der Waals surface area contributed by atoms with Crippen LogP contribution in [0.1, 0.15) is 13.3 Å². The molecule has 0 aliphatic rings. The van der Waals surface area contributed by atoms with E-state index >= 15 is 0 Å². The van der Waals surface area contributed by atoms with Crippen LogP contribution in [-0.2, 0) is 15.6 Å². The molecule has 0 radical (unpaired) electrons. The summed E-state index contributed by atoms with van der Waals surface area (Å²) in [5.41, 5.74) is 5.40. The minimum absolute atomic E-state index is 0.136. The zero-order chi connectivity index (χ0) is 9.56. The number of nitrogens with two attached hydrogens (primary N) is 1. The molecule has 0 saturated carbocycles.